The van der Waals surface area contributed by atoms with Gasteiger partial charge in [0.15, 0.2) is 0 Å². The number of carbonyl (C=O) groups is 4. The highest BCUT2D eigenvalue weighted by molar-refractivity contribution is 5.88. The fourth-order valence-electron chi connectivity index (χ4n) is 2.88. The summed E-state index contributed by atoms with van der Waals surface area (Å²) in [5.41, 5.74) is 0.629. The zero-order valence-corrected chi connectivity index (χ0v) is 19.3. The van der Waals surface area contributed by atoms with E-state index in [2.05, 4.69) is 10.2 Å². The number of ether oxygens (including phenoxy) is 1. The summed E-state index contributed by atoms with van der Waals surface area (Å²) in [5, 5.41) is 11.3. The van der Waals surface area contributed by atoms with Crippen LogP contribution in [0, 0.1) is 0 Å². The molecule has 0 spiro atoms. The Labute approximate surface area is 189 Å². The molecule has 0 aliphatic heterocycles. The second-order valence-corrected chi connectivity index (χ2v) is 7.71. The van der Waals surface area contributed by atoms with Crippen molar-refractivity contribution in [2.45, 2.75) is 32.6 Å². The number of anilines is 1. The minimum Gasteiger partial charge on any atom is -0.481 e. The first kappa shape index (κ1) is 26.9. The Hall–Kier alpha value is -3.14. The molecule has 0 aliphatic rings. The number of aliphatic carboxylic acids is 1. The first-order valence-corrected chi connectivity index (χ1v) is 10.5. The lowest BCUT2D eigenvalue weighted by Crippen LogP contribution is -2.33. The third kappa shape index (κ3) is 11.3. The van der Waals surface area contributed by atoms with Gasteiger partial charge in [-0.15, -0.1) is 0 Å². The molecule has 0 radical (unpaired) electrons. The van der Waals surface area contributed by atoms with Crippen molar-refractivity contribution in [2.24, 2.45) is 0 Å². The Morgan fingerprint density at radius 3 is 1.97 bits per heavy atom. The quantitative estimate of drug-likeness (QED) is 0.472. The number of carbonyl (C=O) groups excluding carboxylic acids is 3. The predicted molar refractivity (Wildman–Crippen MR) is 121 cm³/mol. The van der Waals surface area contributed by atoms with Crippen molar-refractivity contribution < 1.29 is 29.0 Å². The molecule has 0 atom stereocenters. The van der Waals surface area contributed by atoms with E-state index < -0.39 is 12.1 Å². The van der Waals surface area contributed by atoms with Crippen LogP contribution in [0.15, 0.2) is 24.3 Å². The van der Waals surface area contributed by atoms with E-state index >= 15 is 0 Å². The average molecular weight is 451 g/mol. The van der Waals surface area contributed by atoms with Gasteiger partial charge in [0.1, 0.15) is 5.75 Å². The molecule has 1 aromatic rings. The molecule has 1 rings (SSSR count). The monoisotopic (exact) mass is 450 g/mol. The fraction of sp³-hybridized carbons (Fsp3) is 0.545. The minimum absolute atomic E-state index is 0.0174. The molecule has 0 unspecified atom stereocenters. The molecule has 0 bridgehead atoms. The Kier molecular flexibility index (Phi) is 11.8. The van der Waals surface area contributed by atoms with Crippen molar-refractivity contribution in [3.8, 4) is 5.75 Å². The maximum atomic E-state index is 12.2. The molecule has 10 nitrogen and oxygen atoms in total. The van der Waals surface area contributed by atoms with E-state index in [9.17, 15) is 19.2 Å². The molecule has 1 aromatic carbocycles. The highest BCUT2D eigenvalue weighted by atomic mass is 16.6. The van der Waals surface area contributed by atoms with Crippen LogP contribution in [0.1, 0.15) is 32.6 Å². The molecule has 2 N–H and O–H groups in total. The first-order valence-electron chi connectivity index (χ1n) is 10.5. The topological polar surface area (TPSA) is 119 Å². The number of nitrogens with zero attached hydrogens (tertiary/aromatic N) is 3. The van der Waals surface area contributed by atoms with E-state index in [0.717, 1.165) is 25.9 Å². The van der Waals surface area contributed by atoms with Crippen LogP contribution in [-0.2, 0) is 14.4 Å². The predicted octanol–water partition coefficient (Wildman–Crippen LogP) is 2.11. The smallest absolute Gasteiger partial charge is 0.414 e. The molecule has 0 saturated heterocycles. The molecule has 32 heavy (non-hydrogen) atoms. The van der Waals surface area contributed by atoms with Crippen molar-refractivity contribution in [3.63, 3.8) is 0 Å². The van der Waals surface area contributed by atoms with Gasteiger partial charge in [-0.1, -0.05) is 0 Å². The van der Waals surface area contributed by atoms with E-state index in [4.69, 9.17) is 9.84 Å². The Bertz CT molecular complexity index is 768. The Morgan fingerprint density at radius 1 is 0.875 bits per heavy atom. The highest BCUT2D eigenvalue weighted by Gasteiger charge is 2.13. The molecule has 0 heterocycles. The molecule has 3 amide bonds. The molecule has 178 valence electrons. The summed E-state index contributed by atoms with van der Waals surface area (Å²) in [4.78, 5) is 50.8. The van der Waals surface area contributed by atoms with Crippen LogP contribution in [0.3, 0.4) is 0 Å². The van der Waals surface area contributed by atoms with Gasteiger partial charge in [-0.3, -0.25) is 14.4 Å². The number of amides is 3. The standard InChI is InChI=1S/C22H34N4O6/c1-17(27)23-18-7-9-19(10-8-18)32-22(31)26(4)16-6-14-24(2)13-5-15-25(3)20(28)11-12-21(29)30/h7-10H,5-6,11-16H2,1-4H3,(H,23,27)(H,29,30). The molecular formula is C22H34N4O6. The lowest BCUT2D eigenvalue weighted by molar-refractivity contribution is -0.140. The summed E-state index contributed by atoms with van der Waals surface area (Å²) >= 11 is 0. The SMILES string of the molecule is CC(=O)Nc1ccc(OC(=O)N(C)CCCN(C)CCCN(C)C(=O)CCC(=O)O)cc1. The summed E-state index contributed by atoms with van der Waals surface area (Å²) in [6.07, 6.45) is 0.946. The van der Waals surface area contributed by atoms with Crippen LogP contribution >= 0.6 is 0 Å². The average Bonchev–Trinajstić information content (AvgIpc) is 2.72. The van der Waals surface area contributed by atoms with E-state index in [1.165, 1.54) is 11.8 Å². The number of rotatable bonds is 13. The van der Waals surface area contributed by atoms with Gasteiger partial charge in [-0.05, 0) is 57.2 Å². The third-order valence-electron chi connectivity index (χ3n) is 4.74. The van der Waals surface area contributed by atoms with Crippen LogP contribution in [0.4, 0.5) is 10.5 Å². The summed E-state index contributed by atoms with van der Waals surface area (Å²) in [5.74, 6) is -0.911. The number of carboxylic acid groups (broad SMARTS) is 1. The van der Waals surface area contributed by atoms with E-state index in [1.807, 2.05) is 7.05 Å². The fourth-order valence-corrected chi connectivity index (χ4v) is 2.88. The zero-order chi connectivity index (χ0) is 24.1. The molecule has 10 heteroatoms. The van der Waals surface area contributed by atoms with Gasteiger partial charge in [0, 0.05) is 46.2 Å². The van der Waals surface area contributed by atoms with Gasteiger partial charge in [-0.2, -0.15) is 0 Å². The van der Waals surface area contributed by atoms with Gasteiger partial charge in [0.25, 0.3) is 0 Å². The second kappa shape index (κ2) is 14.0. The maximum Gasteiger partial charge on any atom is 0.414 e. The summed E-state index contributed by atoms with van der Waals surface area (Å²) in [7, 11) is 5.32. The molecule has 0 aromatic heterocycles. The second-order valence-electron chi connectivity index (χ2n) is 7.71. The molecule has 0 fully saturated rings. The van der Waals surface area contributed by atoms with E-state index in [-0.39, 0.29) is 24.7 Å². The van der Waals surface area contributed by atoms with Crippen molar-refractivity contribution in [1.82, 2.24) is 14.7 Å². The largest absolute Gasteiger partial charge is 0.481 e. The van der Waals surface area contributed by atoms with Crippen LogP contribution in [0.5, 0.6) is 5.75 Å². The molecule has 0 saturated carbocycles. The zero-order valence-electron chi connectivity index (χ0n) is 19.3. The van der Waals surface area contributed by atoms with Gasteiger partial charge >= 0.3 is 12.1 Å². The lowest BCUT2D eigenvalue weighted by atomic mass is 10.2. The Balaban J connectivity index is 2.23. The van der Waals surface area contributed by atoms with Crippen molar-refractivity contribution in [1.29, 1.82) is 0 Å². The first-order chi connectivity index (χ1) is 15.1. The minimum atomic E-state index is -0.972. The third-order valence-corrected chi connectivity index (χ3v) is 4.74. The summed E-state index contributed by atoms with van der Waals surface area (Å²) in [6.45, 7) is 4.08. The van der Waals surface area contributed by atoms with Gasteiger partial charge < -0.3 is 29.9 Å². The van der Waals surface area contributed by atoms with Crippen LogP contribution in [-0.4, -0.2) is 91.0 Å². The number of carboxylic acids is 1. The van der Waals surface area contributed by atoms with Crippen molar-refractivity contribution >= 4 is 29.6 Å². The van der Waals surface area contributed by atoms with E-state index in [0.29, 0.717) is 24.5 Å². The number of benzene rings is 1. The molecule has 0 aliphatic carbocycles. The van der Waals surface area contributed by atoms with Gasteiger partial charge in [-0.25, -0.2) is 4.79 Å². The van der Waals surface area contributed by atoms with Crippen LogP contribution in [0.25, 0.3) is 0 Å². The highest BCUT2D eigenvalue weighted by Crippen LogP contribution is 2.16. The lowest BCUT2D eigenvalue weighted by Gasteiger charge is -2.22. The number of hydrogen-bond acceptors (Lipinski definition) is 6. The summed E-state index contributed by atoms with van der Waals surface area (Å²) in [6, 6.07) is 6.56. The normalized spacial score (nSPS) is 10.5. The van der Waals surface area contributed by atoms with Crippen LogP contribution in [0.2, 0.25) is 0 Å². The van der Waals surface area contributed by atoms with Gasteiger partial charge in [0.2, 0.25) is 11.8 Å². The van der Waals surface area contributed by atoms with Crippen molar-refractivity contribution in [3.05, 3.63) is 24.3 Å². The van der Waals surface area contributed by atoms with E-state index in [1.54, 1.807) is 43.3 Å². The van der Waals surface area contributed by atoms with Crippen molar-refractivity contribution in [2.75, 3.05) is 52.6 Å². The molecular weight excluding hydrogens is 416 g/mol. The summed E-state index contributed by atoms with van der Waals surface area (Å²) < 4.78 is 5.33. The number of nitrogens with one attached hydrogen (secondary N) is 1. The van der Waals surface area contributed by atoms with Crippen LogP contribution < -0.4 is 10.1 Å². The Morgan fingerprint density at radius 2 is 1.44 bits per heavy atom. The van der Waals surface area contributed by atoms with Gasteiger partial charge in [0.05, 0.1) is 6.42 Å². The maximum absolute atomic E-state index is 12.2. The number of hydrogen-bond donors (Lipinski definition) is 2.